The number of amides is 1. The molecule has 2 aromatic heterocycles. The number of ether oxygens (including phenoxy) is 1. The fraction of sp³-hybridized carbons (Fsp3) is 0.562. The van der Waals surface area contributed by atoms with Gasteiger partial charge in [-0.1, -0.05) is 19.0 Å². The quantitative estimate of drug-likeness (QED) is 0.939. The molecule has 1 fully saturated rings. The second-order valence-corrected chi connectivity index (χ2v) is 6.19. The van der Waals surface area contributed by atoms with E-state index >= 15 is 0 Å². The van der Waals surface area contributed by atoms with Crippen molar-refractivity contribution in [3.63, 3.8) is 0 Å². The van der Waals surface area contributed by atoms with Gasteiger partial charge in [0.2, 0.25) is 0 Å². The second kappa shape index (κ2) is 6.16. The van der Waals surface area contributed by atoms with Gasteiger partial charge in [-0.3, -0.25) is 4.79 Å². The van der Waals surface area contributed by atoms with E-state index in [1.54, 1.807) is 18.0 Å². The van der Waals surface area contributed by atoms with Crippen molar-refractivity contribution in [3.8, 4) is 0 Å². The fourth-order valence-corrected chi connectivity index (χ4v) is 2.86. The second-order valence-electron chi connectivity index (χ2n) is 6.19. The standard InChI is InChI=1S/C16H22N4O3/c1-9(2)14-13(11(4)23-19-14)16(21)20-5-6-22-8-12(20)15-17-7-10(3)18-15/h7,9,12H,5-6,8H2,1-4H3,(H,17,18). The summed E-state index contributed by atoms with van der Waals surface area (Å²) >= 11 is 0. The van der Waals surface area contributed by atoms with Crippen molar-refractivity contribution in [3.05, 3.63) is 34.7 Å². The lowest BCUT2D eigenvalue weighted by Gasteiger charge is -2.34. The van der Waals surface area contributed by atoms with Gasteiger partial charge >= 0.3 is 0 Å². The third-order valence-electron chi connectivity index (χ3n) is 4.08. The van der Waals surface area contributed by atoms with E-state index in [4.69, 9.17) is 9.26 Å². The highest BCUT2D eigenvalue weighted by molar-refractivity contribution is 5.96. The molecule has 0 aliphatic carbocycles. The number of rotatable bonds is 3. The van der Waals surface area contributed by atoms with E-state index in [-0.39, 0.29) is 17.9 Å². The van der Waals surface area contributed by atoms with Gasteiger partial charge in [-0.05, 0) is 19.8 Å². The lowest BCUT2D eigenvalue weighted by atomic mass is 10.0. The fourth-order valence-electron chi connectivity index (χ4n) is 2.86. The average molecular weight is 318 g/mol. The number of H-pyrrole nitrogens is 1. The van der Waals surface area contributed by atoms with Gasteiger partial charge in [0.25, 0.3) is 5.91 Å². The van der Waals surface area contributed by atoms with Crippen molar-refractivity contribution < 1.29 is 14.1 Å². The van der Waals surface area contributed by atoms with Gasteiger partial charge in [0.05, 0.1) is 18.9 Å². The van der Waals surface area contributed by atoms with Gasteiger partial charge in [0, 0.05) is 18.4 Å². The molecule has 0 saturated carbocycles. The Morgan fingerprint density at radius 3 is 2.87 bits per heavy atom. The van der Waals surface area contributed by atoms with E-state index in [9.17, 15) is 4.79 Å². The van der Waals surface area contributed by atoms with Gasteiger partial charge in [0.15, 0.2) is 0 Å². The summed E-state index contributed by atoms with van der Waals surface area (Å²) in [7, 11) is 0. The molecule has 1 aliphatic rings. The highest BCUT2D eigenvalue weighted by Crippen LogP contribution is 2.28. The Bertz CT molecular complexity index is 704. The maximum Gasteiger partial charge on any atom is 0.260 e. The molecule has 1 atom stereocenters. The van der Waals surface area contributed by atoms with Crippen LogP contribution in [-0.4, -0.2) is 45.7 Å². The molecule has 1 unspecified atom stereocenters. The summed E-state index contributed by atoms with van der Waals surface area (Å²) in [5.41, 5.74) is 2.23. The third kappa shape index (κ3) is 2.88. The molecule has 0 aromatic carbocycles. The van der Waals surface area contributed by atoms with Crippen LogP contribution in [0.4, 0.5) is 0 Å². The van der Waals surface area contributed by atoms with Gasteiger partial charge in [-0.15, -0.1) is 0 Å². The molecule has 0 radical (unpaired) electrons. The maximum atomic E-state index is 13.1. The molecule has 3 heterocycles. The summed E-state index contributed by atoms with van der Waals surface area (Å²) in [4.78, 5) is 22.5. The molecule has 124 valence electrons. The van der Waals surface area contributed by atoms with E-state index in [1.807, 2.05) is 20.8 Å². The molecular formula is C16H22N4O3. The predicted octanol–water partition coefficient (Wildman–Crippen LogP) is 2.35. The van der Waals surface area contributed by atoms with Crippen LogP contribution in [0.5, 0.6) is 0 Å². The average Bonchev–Trinajstić information content (AvgIpc) is 3.12. The smallest absolute Gasteiger partial charge is 0.260 e. The van der Waals surface area contributed by atoms with Crippen molar-refractivity contribution >= 4 is 5.91 Å². The SMILES string of the molecule is Cc1cnc(C2COCCN2C(=O)c2c(C(C)C)noc2C)[nH]1. The first-order valence-electron chi connectivity index (χ1n) is 7.85. The van der Waals surface area contributed by atoms with E-state index in [2.05, 4.69) is 15.1 Å². The van der Waals surface area contributed by atoms with Gasteiger partial charge < -0.3 is 19.1 Å². The summed E-state index contributed by atoms with van der Waals surface area (Å²) in [6, 6.07) is -0.223. The summed E-state index contributed by atoms with van der Waals surface area (Å²) < 4.78 is 10.8. The number of aryl methyl sites for hydroxylation is 2. The Morgan fingerprint density at radius 2 is 2.22 bits per heavy atom. The van der Waals surface area contributed by atoms with Crippen LogP contribution in [0.1, 0.15) is 59.1 Å². The number of carbonyl (C=O) groups is 1. The Balaban J connectivity index is 1.95. The van der Waals surface area contributed by atoms with Crippen molar-refractivity contribution in [2.75, 3.05) is 19.8 Å². The minimum Gasteiger partial charge on any atom is -0.377 e. The van der Waals surface area contributed by atoms with Crippen LogP contribution in [0.3, 0.4) is 0 Å². The van der Waals surface area contributed by atoms with Crippen LogP contribution < -0.4 is 0 Å². The summed E-state index contributed by atoms with van der Waals surface area (Å²) in [5.74, 6) is 1.35. The van der Waals surface area contributed by atoms with Crippen LogP contribution in [0.2, 0.25) is 0 Å². The van der Waals surface area contributed by atoms with Crippen LogP contribution in [0.15, 0.2) is 10.7 Å². The lowest BCUT2D eigenvalue weighted by Crippen LogP contribution is -2.44. The number of hydrogen-bond acceptors (Lipinski definition) is 5. The monoisotopic (exact) mass is 318 g/mol. The molecule has 7 nitrogen and oxygen atoms in total. The maximum absolute atomic E-state index is 13.1. The molecule has 23 heavy (non-hydrogen) atoms. The zero-order valence-corrected chi connectivity index (χ0v) is 13.9. The van der Waals surface area contributed by atoms with Gasteiger partial charge in [-0.25, -0.2) is 4.98 Å². The van der Waals surface area contributed by atoms with E-state index in [0.29, 0.717) is 36.8 Å². The molecule has 0 spiro atoms. The predicted molar refractivity (Wildman–Crippen MR) is 83.3 cm³/mol. The normalized spacial score (nSPS) is 18.7. The number of aromatic nitrogens is 3. The third-order valence-corrected chi connectivity index (χ3v) is 4.08. The van der Waals surface area contributed by atoms with E-state index in [0.717, 1.165) is 11.5 Å². The number of hydrogen-bond donors (Lipinski definition) is 1. The van der Waals surface area contributed by atoms with Crippen LogP contribution >= 0.6 is 0 Å². The van der Waals surface area contributed by atoms with E-state index in [1.165, 1.54) is 0 Å². The summed E-state index contributed by atoms with van der Waals surface area (Å²) in [5, 5.41) is 4.06. The molecule has 3 rings (SSSR count). The summed E-state index contributed by atoms with van der Waals surface area (Å²) in [6.07, 6.45) is 1.76. The Hall–Kier alpha value is -2.15. The number of imidazole rings is 1. The highest BCUT2D eigenvalue weighted by Gasteiger charge is 2.34. The van der Waals surface area contributed by atoms with Crippen molar-refractivity contribution in [1.82, 2.24) is 20.0 Å². The zero-order chi connectivity index (χ0) is 16.6. The number of nitrogens with zero attached hydrogens (tertiary/aromatic N) is 3. The molecule has 2 aromatic rings. The first-order valence-corrected chi connectivity index (χ1v) is 7.85. The van der Waals surface area contributed by atoms with Crippen LogP contribution in [-0.2, 0) is 4.74 Å². The summed E-state index contributed by atoms with van der Waals surface area (Å²) in [6.45, 7) is 9.18. The molecular weight excluding hydrogens is 296 g/mol. The van der Waals surface area contributed by atoms with Gasteiger partial charge in [-0.2, -0.15) is 0 Å². The molecule has 1 N–H and O–H groups in total. The lowest BCUT2D eigenvalue weighted by molar-refractivity contribution is -0.00516. The van der Waals surface area contributed by atoms with Crippen LogP contribution in [0.25, 0.3) is 0 Å². The van der Waals surface area contributed by atoms with Gasteiger partial charge in [0.1, 0.15) is 23.2 Å². The first kappa shape index (κ1) is 15.7. The topological polar surface area (TPSA) is 84.2 Å². The Kier molecular flexibility index (Phi) is 4.21. The molecule has 1 aliphatic heterocycles. The molecule has 0 bridgehead atoms. The van der Waals surface area contributed by atoms with Crippen LogP contribution in [0, 0.1) is 13.8 Å². The minimum atomic E-state index is -0.223. The number of carbonyl (C=O) groups excluding carboxylic acids is 1. The zero-order valence-electron chi connectivity index (χ0n) is 13.9. The largest absolute Gasteiger partial charge is 0.377 e. The molecule has 1 amide bonds. The van der Waals surface area contributed by atoms with Crippen molar-refractivity contribution in [2.24, 2.45) is 0 Å². The first-order chi connectivity index (χ1) is 11.0. The Labute approximate surface area is 135 Å². The number of morpholine rings is 1. The molecule has 1 saturated heterocycles. The van der Waals surface area contributed by atoms with Crippen molar-refractivity contribution in [1.29, 1.82) is 0 Å². The highest BCUT2D eigenvalue weighted by atomic mass is 16.5. The number of aromatic amines is 1. The minimum absolute atomic E-state index is 0.0743. The van der Waals surface area contributed by atoms with E-state index < -0.39 is 0 Å². The molecule has 7 heteroatoms. The number of nitrogens with one attached hydrogen (secondary N) is 1. The Morgan fingerprint density at radius 1 is 1.43 bits per heavy atom. The van der Waals surface area contributed by atoms with Crippen molar-refractivity contribution in [2.45, 2.75) is 39.7 Å².